The summed E-state index contributed by atoms with van der Waals surface area (Å²) in [6.07, 6.45) is 2.74. The number of nitrogens with two attached hydrogens (primary N) is 1. The summed E-state index contributed by atoms with van der Waals surface area (Å²) in [4.78, 5) is 13.2. The fourth-order valence-corrected chi connectivity index (χ4v) is 2.56. The highest BCUT2D eigenvalue weighted by molar-refractivity contribution is 5.58. The molecule has 1 aliphatic rings. The second-order valence-electron chi connectivity index (χ2n) is 5.50. The van der Waals surface area contributed by atoms with Crippen molar-refractivity contribution in [2.75, 3.05) is 37.8 Å². The van der Waals surface area contributed by atoms with Crippen molar-refractivity contribution in [2.24, 2.45) is 0 Å². The fourth-order valence-electron chi connectivity index (χ4n) is 2.56. The van der Waals surface area contributed by atoms with Gasteiger partial charge in [0, 0.05) is 24.7 Å². The summed E-state index contributed by atoms with van der Waals surface area (Å²) in [5.74, 6) is 1.98. The van der Waals surface area contributed by atoms with E-state index in [9.17, 15) is 0 Å². The summed E-state index contributed by atoms with van der Waals surface area (Å²) >= 11 is 0. The summed E-state index contributed by atoms with van der Waals surface area (Å²) in [6.45, 7) is 6.33. The van der Waals surface area contributed by atoms with Crippen LogP contribution in [0.2, 0.25) is 0 Å². The third-order valence-electron chi connectivity index (χ3n) is 3.66. The standard InChI is InChI=1S/C13H23N5/c1-9(2)11-12(14)15-8-16-13(11)18-6-5-10(7-18)17(3)4/h8-10H,5-7H2,1-4H3,(H2,14,15,16). The Morgan fingerprint density at radius 2 is 2.11 bits per heavy atom. The summed E-state index contributed by atoms with van der Waals surface area (Å²) < 4.78 is 0. The first kappa shape index (κ1) is 13.1. The van der Waals surface area contributed by atoms with E-state index in [1.165, 1.54) is 6.42 Å². The molecule has 1 aromatic heterocycles. The van der Waals surface area contributed by atoms with Gasteiger partial charge in [0.2, 0.25) is 0 Å². The summed E-state index contributed by atoms with van der Waals surface area (Å²) in [7, 11) is 4.26. The normalized spacial score (nSPS) is 20.1. The lowest BCUT2D eigenvalue weighted by molar-refractivity contribution is 0.315. The molecule has 0 radical (unpaired) electrons. The van der Waals surface area contributed by atoms with Gasteiger partial charge in [-0.2, -0.15) is 0 Å². The molecule has 5 nitrogen and oxygen atoms in total. The van der Waals surface area contributed by atoms with Crippen LogP contribution in [0.3, 0.4) is 0 Å². The number of nitrogens with zero attached hydrogens (tertiary/aromatic N) is 4. The number of hydrogen-bond acceptors (Lipinski definition) is 5. The zero-order valence-corrected chi connectivity index (χ0v) is 11.7. The molecule has 0 aliphatic carbocycles. The van der Waals surface area contributed by atoms with Crippen LogP contribution in [-0.4, -0.2) is 48.1 Å². The molecule has 0 aromatic carbocycles. The van der Waals surface area contributed by atoms with E-state index in [0.29, 0.717) is 17.8 Å². The first-order valence-electron chi connectivity index (χ1n) is 6.52. The van der Waals surface area contributed by atoms with Crippen LogP contribution in [0.15, 0.2) is 6.33 Å². The zero-order chi connectivity index (χ0) is 13.3. The molecule has 2 heterocycles. The minimum atomic E-state index is 0.347. The predicted octanol–water partition coefficient (Wildman–Crippen LogP) is 1.32. The lowest BCUT2D eigenvalue weighted by Crippen LogP contribution is -2.32. The molecule has 1 atom stereocenters. The van der Waals surface area contributed by atoms with Gasteiger partial charge in [0.25, 0.3) is 0 Å². The summed E-state index contributed by atoms with van der Waals surface area (Å²) in [5, 5.41) is 0. The molecule has 1 aliphatic heterocycles. The Morgan fingerprint density at radius 3 is 2.67 bits per heavy atom. The van der Waals surface area contributed by atoms with Crippen LogP contribution >= 0.6 is 0 Å². The first-order chi connectivity index (χ1) is 8.50. The maximum atomic E-state index is 6.00. The highest BCUT2D eigenvalue weighted by atomic mass is 15.3. The number of anilines is 2. The van der Waals surface area contributed by atoms with Crippen molar-refractivity contribution in [3.8, 4) is 0 Å². The second-order valence-corrected chi connectivity index (χ2v) is 5.50. The van der Waals surface area contributed by atoms with E-state index in [1.54, 1.807) is 6.33 Å². The summed E-state index contributed by atoms with van der Waals surface area (Å²) in [6, 6.07) is 0.598. The Morgan fingerprint density at radius 1 is 1.39 bits per heavy atom. The lowest BCUT2D eigenvalue weighted by atomic mass is 10.0. The van der Waals surface area contributed by atoms with E-state index in [4.69, 9.17) is 5.73 Å². The van der Waals surface area contributed by atoms with Crippen LogP contribution < -0.4 is 10.6 Å². The molecule has 5 heteroatoms. The quantitative estimate of drug-likeness (QED) is 0.875. The van der Waals surface area contributed by atoms with Crippen molar-refractivity contribution in [1.29, 1.82) is 0 Å². The van der Waals surface area contributed by atoms with Gasteiger partial charge in [0.1, 0.15) is 18.0 Å². The number of hydrogen-bond donors (Lipinski definition) is 1. The molecule has 0 bridgehead atoms. The van der Waals surface area contributed by atoms with Crippen molar-refractivity contribution in [3.63, 3.8) is 0 Å². The first-order valence-corrected chi connectivity index (χ1v) is 6.52. The van der Waals surface area contributed by atoms with Crippen molar-refractivity contribution < 1.29 is 0 Å². The van der Waals surface area contributed by atoms with Gasteiger partial charge in [0.05, 0.1) is 0 Å². The monoisotopic (exact) mass is 249 g/mol. The maximum Gasteiger partial charge on any atom is 0.137 e. The van der Waals surface area contributed by atoms with Gasteiger partial charge in [-0.25, -0.2) is 9.97 Å². The average Bonchev–Trinajstić information content (AvgIpc) is 2.77. The molecule has 1 saturated heterocycles. The van der Waals surface area contributed by atoms with Gasteiger partial charge >= 0.3 is 0 Å². The fraction of sp³-hybridized carbons (Fsp3) is 0.692. The van der Waals surface area contributed by atoms with Crippen molar-refractivity contribution in [1.82, 2.24) is 14.9 Å². The lowest BCUT2D eigenvalue weighted by Gasteiger charge is -2.24. The third-order valence-corrected chi connectivity index (χ3v) is 3.66. The Hall–Kier alpha value is -1.36. The molecule has 0 spiro atoms. The van der Waals surface area contributed by atoms with Gasteiger partial charge in [-0.1, -0.05) is 13.8 Å². The Kier molecular flexibility index (Phi) is 3.71. The molecule has 1 aromatic rings. The van der Waals surface area contributed by atoms with Crippen molar-refractivity contribution in [3.05, 3.63) is 11.9 Å². The SMILES string of the molecule is CC(C)c1c(N)ncnc1N1CCC(N(C)C)C1. The number of nitrogen functional groups attached to an aromatic ring is 1. The van der Waals surface area contributed by atoms with Crippen LogP contribution in [0.1, 0.15) is 31.7 Å². The molecular weight excluding hydrogens is 226 g/mol. The molecule has 0 saturated carbocycles. The van der Waals surface area contributed by atoms with Crippen molar-refractivity contribution >= 4 is 11.6 Å². The molecule has 1 unspecified atom stereocenters. The molecule has 2 N–H and O–H groups in total. The second kappa shape index (κ2) is 5.10. The van der Waals surface area contributed by atoms with Crippen LogP contribution in [0.4, 0.5) is 11.6 Å². The van der Waals surface area contributed by atoms with E-state index in [1.807, 2.05) is 0 Å². The molecular formula is C13H23N5. The molecule has 0 amide bonds. The molecule has 2 rings (SSSR count). The van der Waals surface area contributed by atoms with E-state index in [-0.39, 0.29) is 0 Å². The van der Waals surface area contributed by atoms with Gasteiger partial charge in [-0.05, 0) is 26.4 Å². The van der Waals surface area contributed by atoms with Gasteiger partial charge in [-0.3, -0.25) is 0 Å². The highest BCUT2D eigenvalue weighted by Crippen LogP contribution is 2.31. The van der Waals surface area contributed by atoms with Gasteiger partial charge < -0.3 is 15.5 Å². The smallest absolute Gasteiger partial charge is 0.137 e. The van der Waals surface area contributed by atoms with Crippen LogP contribution in [0.25, 0.3) is 0 Å². The third kappa shape index (κ3) is 2.41. The van der Waals surface area contributed by atoms with Gasteiger partial charge in [-0.15, -0.1) is 0 Å². The molecule has 1 fully saturated rings. The number of rotatable bonds is 3. The number of aromatic nitrogens is 2. The summed E-state index contributed by atoms with van der Waals surface area (Å²) in [5.41, 5.74) is 7.08. The topological polar surface area (TPSA) is 58.3 Å². The van der Waals surface area contributed by atoms with E-state index in [0.717, 1.165) is 24.5 Å². The van der Waals surface area contributed by atoms with Crippen LogP contribution in [-0.2, 0) is 0 Å². The Balaban J connectivity index is 2.27. The highest BCUT2D eigenvalue weighted by Gasteiger charge is 2.27. The Bertz CT molecular complexity index is 416. The minimum Gasteiger partial charge on any atom is -0.383 e. The van der Waals surface area contributed by atoms with Gasteiger partial charge in [0.15, 0.2) is 0 Å². The van der Waals surface area contributed by atoms with E-state index < -0.39 is 0 Å². The maximum absolute atomic E-state index is 6.00. The average molecular weight is 249 g/mol. The molecule has 18 heavy (non-hydrogen) atoms. The minimum absolute atomic E-state index is 0.347. The Labute approximate surface area is 109 Å². The predicted molar refractivity (Wildman–Crippen MR) is 74.8 cm³/mol. The zero-order valence-electron chi connectivity index (χ0n) is 11.7. The van der Waals surface area contributed by atoms with Crippen LogP contribution in [0, 0.1) is 0 Å². The van der Waals surface area contributed by atoms with E-state index in [2.05, 4.69) is 47.7 Å². The van der Waals surface area contributed by atoms with E-state index >= 15 is 0 Å². The number of likely N-dealkylation sites (N-methyl/N-ethyl adjacent to an activating group) is 1. The van der Waals surface area contributed by atoms with Crippen LogP contribution in [0.5, 0.6) is 0 Å². The molecule has 100 valence electrons. The largest absolute Gasteiger partial charge is 0.383 e. The van der Waals surface area contributed by atoms with Crippen molar-refractivity contribution in [2.45, 2.75) is 32.2 Å².